The first kappa shape index (κ1) is 14.5. The third kappa shape index (κ3) is 3.46. The van der Waals surface area contributed by atoms with Crippen LogP contribution in [-0.4, -0.2) is 13.1 Å². The predicted molar refractivity (Wildman–Crippen MR) is 79.5 cm³/mol. The molecule has 0 amide bonds. The Bertz CT molecular complexity index is 359. The highest BCUT2D eigenvalue weighted by molar-refractivity contribution is 9.10. The van der Waals surface area contributed by atoms with Crippen LogP contribution < -0.4 is 10.6 Å². The Hall–Kier alpha value is -0.540. The lowest BCUT2D eigenvalue weighted by molar-refractivity contribution is 0.591. The van der Waals surface area contributed by atoms with Crippen molar-refractivity contribution in [3.05, 3.63) is 28.2 Å². The molecule has 0 aromatic heterocycles. The summed E-state index contributed by atoms with van der Waals surface area (Å²) in [5.74, 6) is 0. The van der Waals surface area contributed by atoms with Crippen molar-refractivity contribution in [1.29, 1.82) is 0 Å². The van der Waals surface area contributed by atoms with Crippen LogP contribution in [0.4, 0.5) is 5.69 Å². The molecule has 0 fully saturated rings. The highest BCUT2D eigenvalue weighted by atomic mass is 79.9. The summed E-state index contributed by atoms with van der Waals surface area (Å²) in [5, 5.41) is 0. The van der Waals surface area contributed by atoms with Gasteiger partial charge in [0.05, 0.1) is 0 Å². The minimum atomic E-state index is 0.0666. The number of nitrogens with two attached hydrogens (primary N) is 1. The molecule has 1 aromatic carbocycles. The van der Waals surface area contributed by atoms with Crippen molar-refractivity contribution in [2.75, 3.05) is 11.9 Å². The first-order valence-corrected chi connectivity index (χ1v) is 7.08. The van der Waals surface area contributed by atoms with Gasteiger partial charge < -0.3 is 10.6 Å². The molecule has 0 bridgehead atoms. The first-order chi connectivity index (χ1) is 8.01. The predicted octanol–water partition coefficient (Wildman–Crippen LogP) is 4.09. The molecule has 1 rings (SSSR count). The maximum Gasteiger partial charge on any atom is 0.0377 e. The van der Waals surface area contributed by atoms with Gasteiger partial charge >= 0.3 is 0 Å². The number of anilines is 1. The SMILES string of the molecule is CCC(CC)N(C)c1ccc([C@@H](C)N)c(Br)c1. The van der Waals surface area contributed by atoms with Crippen molar-refractivity contribution in [3.63, 3.8) is 0 Å². The lowest BCUT2D eigenvalue weighted by Gasteiger charge is -2.29. The molecule has 17 heavy (non-hydrogen) atoms. The Morgan fingerprint density at radius 1 is 1.29 bits per heavy atom. The number of hydrogen-bond acceptors (Lipinski definition) is 2. The zero-order valence-electron chi connectivity index (χ0n) is 11.2. The second kappa shape index (κ2) is 6.41. The van der Waals surface area contributed by atoms with E-state index in [9.17, 15) is 0 Å². The quantitative estimate of drug-likeness (QED) is 0.887. The van der Waals surface area contributed by atoms with Crippen molar-refractivity contribution in [2.45, 2.75) is 45.7 Å². The molecule has 0 aliphatic heterocycles. The average molecular weight is 299 g/mol. The summed E-state index contributed by atoms with van der Waals surface area (Å²) in [4.78, 5) is 2.34. The first-order valence-electron chi connectivity index (χ1n) is 6.29. The van der Waals surface area contributed by atoms with E-state index in [0.717, 1.165) is 10.0 Å². The Balaban J connectivity index is 2.96. The van der Waals surface area contributed by atoms with E-state index in [-0.39, 0.29) is 6.04 Å². The highest BCUT2D eigenvalue weighted by Crippen LogP contribution is 2.28. The Labute approximate surface area is 113 Å². The van der Waals surface area contributed by atoms with Crippen molar-refractivity contribution >= 4 is 21.6 Å². The smallest absolute Gasteiger partial charge is 0.0377 e. The van der Waals surface area contributed by atoms with Gasteiger partial charge in [0, 0.05) is 29.3 Å². The van der Waals surface area contributed by atoms with Crippen molar-refractivity contribution in [1.82, 2.24) is 0 Å². The van der Waals surface area contributed by atoms with E-state index in [1.807, 2.05) is 6.92 Å². The minimum Gasteiger partial charge on any atom is -0.372 e. The monoisotopic (exact) mass is 298 g/mol. The van der Waals surface area contributed by atoms with Gasteiger partial charge in [-0.15, -0.1) is 0 Å². The van der Waals surface area contributed by atoms with E-state index in [1.54, 1.807) is 0 Å². The Morgan fingerprint density at radius 3 is 2.29 bits per heavy atom. The number of hydrogen-bond donors (Lipinski definition) is 1. The fraction of sp³-hybridized carbons (Fsp3) is 0.571. The van der Waals surface area contributed by atoms with Crippen LogP contribution >= 0.6 is 15.9 Å². The van der Waals surface area contributed by atoms with E-state index >= 15 is 0 Å². The summed E-state index contributed by atoms with van der Waals surface area (Å²) in [6.07, 6.45) is 2.33. The number of benzene rings is 1. The van der Waals surface area contributed by atoms with Gasteiger partial charge in [0.15, 0.2) is 0 Å². The van der Waals surface area contributed by atoms with Crippen LogP contribution in [0.3, 0.4) is 0 Å². The van der Waals surface area contributed by atoms with E-state index < -0.39 is 0 Å². The van der Waals surface area contributed by atoms with E-state index in [4.69, 9.17) is 5.73 Å². The maximum absolute atomic E-state index is 5.91. The molecular formula is C14H23BrN2. The molecule has 1 atom stereocenters. The standard InChI is InChI=1S/C14H23BrN2/c1-5-11(6-2)17(4)12-7-8-13(10(3)16)14(15)9-12/h7-11H,5-6,16H2,1-4H3/t10-/m1/s1. The summed E-state index contributed by atoms with van der Waals surface area (Å²) in [5.41, 5.74) is 8.31. The lowest BCUT2D eigenvalue weighted by Crippen LogP contribution is -2.30. The van der Waals surface area contributed by atoms with Crippen LogP contribution in [0.5, 0.6) is 0 Å². The van der Waals surface area contributed by atoms with Crippen molar-refractivity contribution in [2.24, 2.45) is 5.73 Å². The van der Waals surface area contributed by atoms with Crippen LogP contribution in [0, 0.1) is 0 Å². The fourth-order valence-electron chi connectivity index (χ4n) is 2.15. The average Bonchev–Trinajstić information content (AvgIpc) is 2.29. The third-order valence-corrected chi connectivity index (χ3v) is 4.06. The number of nitrogens with zero attached hydrogens (tertiary/aromatic N) is 1. The topological polar surface area (TPSA) is 29.3 Å². The highest BCUT2D eigenvalue weighted by Gasteiger charge is 2.13. The molecule has 2 N–H and O–H groups in total. The lowest BCUT2D eigenvalue weighted by atomic mass is 10.1. The van der Waals surface area contributed by atoms with E-state index in [1.165, 1.54) is 18.5 Å². The van der Waals surface area contributed by atoms with Crippen LogP contribution in [0.2, 0.25) is 0 Å². The van der Waals surface area contributed by atoms with Gasteiger partial charge in [-0.05, 0) is 37.5 Å². The molecule has 3 heteroatoms. The summed E-state index contributed by atoms with van der Waals surface area (Å²) in [6, 6.07) is 7.10. The molecule has 0 aliphatic carbocycles. The van der Waals surface area contributed by atoms with Gasteiger partial charge in [0.1, 0.15) is 0 Å². The van der Waals surface area contributed by atoms with E-state index in [2.05, 4.69) is 59.9 Å². The largest absolute Gasteiger partial charge is 0.372 e. The summed E-state index contributed by atoms with van der Waals surface area (Å²) in [7, 11) is 2.16. The molecule has 2 nitrogen and oxygen atoms in total. The van der Waals surface area contributed by atoms with Gasteiger partial charge in [0.2, 0.25) is 0 Å². The molecular weight excluding hydrogens is 276 g/mol. The van der Waals surface area contributed by atoms with Gasteiger partial charge in [-0.25, -0.2) is 0 Å². The van der Waals surface area contributed by atoms with Crippen LogP contribution in [0.1, 0.15) is 45.2 Å². The number of rotatable bonds is 5. The fourth-order valence-corrected chi connectivity index (χ4v) is 2.88. The second-order valence-electron chi connectivity index (χ2n) is 4.58. The molecule has 96 valence electrons. The van der Waals surface area contributed by atoms with Gasteiger partial charge in [-0.3, -0.25) is 0 Å². The van der Waals surface area contributed by atoms with E-state index in [0.29, 0.717) is 6.04 Å². The zero-order valence-corrected chi connectivity index (χ0v) is 12.8. The zero-order chi connectivity index (χ0) is 13.0. The van der Waals surface area contributed by atoms with Gasteiger partial charge in [0.25, 0.3) is 0 Å². The molecule has 0 spiro atoms. The minimum absolute atomic E-state index is 0.0666. The van der Waals surface area contributed by atoms with Crippen LogP contribution in [-0.2, 0) is 0 Å². The second-order valence-corrected chi connectivity index (χ2v) is 5.43. The summed E-state index contributed by atoms with van der Waals surface area (Å²) in [6.45, 7) is 6.47. The Kier molecular flexibility index (Phi) is 5.47. The Morgan fingerprint density at radius 2 is 1.88 bits per heavy atom. The molecule has 0 saturated heterocycles. The van der Waals surface area contributed by atoms with Gasteiger partial charge in [-0.2, -0.15) is 0 Å². The summed E-state index contributed by atoms with van der Waals surface area (Å²) >= 11 is 3.60. The molecule has 0 radical (unpaired) electrons. The normalized spacial score (nSPS) is 12.9. The molecule has 0 unspecified atom stereocenters. The third-order valence-electron chi connectivity index (χ3n) is 3.37. The van der Waals surface area contributed by atoms with Crippen LogP contribution in [0.25, 0.3) is 0 Å². The van der Waals surface area contributed by atoms with Crippen molar-refractivity contribution in [3.8, 4) is 0 Å². The molecule has 0 aliphatic rings. The molecule has 0 heterocycles. The summed E-state index contributed by atoms with van der Waals surface area (Å²) < 4.78 is 1.10. The van der Waals surface area contributed by atoms with Crippen molar-refractivity contribution < 1.29 is 0 Å². The van der Waals surface area contributed by atoms with Gasteiger partial charge in [-0.1, -0.05) is 35.8 Å². The molecule has 1 aromatic rings. The number of halogens is 1. The maximum atomic E-state index is 5.91. The molecule has 0 saturated carbocycles. The van der Waals surface area contributed by atoms with Crippen LogP contribution in [0.15, 0.2) is 22.7 Å².